The van der Waals surface area contributed by atoms with Crippen molar-refractivity contribution in [3.8, 4) is 6.07 Å². The standard InChI is InChI=1S/C28H18Cl2N6O2/c1-13-22-23(26(36(13)5)24(32-3)28-34-19-11-16(30)7-9-21(19)38-28)14(2)35(4)25(22)17(12-31)27-33-18-10-15(29)6-8-20(18)37-27/h6-11H,1-2,4-5H3/b25-17-,26-24+. The van der Waals surface area contributed by atoms with Crippen molar-refractivity contribution >= 4 is 67.4 Å². The zero-order valence-electron chi connectivity index (χ0n) is 20.7. The van der Waals surface area contributed by atoms with Crippen LogP contribution in [0.2, 0.25) is 10.0 Å². The fourth-order valence-electron chi connectivity index (χ4n) is 4.93. The van der Waals surface area contributed by atoms with Crippen LogP contribution in [0.25, 0.3) is 49.1 Å². The minimum atomic E-state index is 0.197. The summed E-state index contributed by atoms with van der Waals surface area (Å²) in [7, 11) is 3.76. The number of oxazole rings is 2. The molecule has 6 rings (SSSR count). The van der Waals surface area contributed by atoms with Crippen LogP contribution in [0.3, 0.4) is 0 Å². The Bertz CT molecular complexity index is 2020. The SMILES string of the molecule is [C-]#[N+]/C(c1nc2cc(Cl)ccc2o1)=c1\c2c(C)n(C)/c(=C(/C#N)c3nc4cc(Cl)ccc4o3)c2c(C)n1C. The van der Waals surface area contributed by atoms with Gasteiger partial charge in [0.15, 0.2) is 11.2 Å². The highest BCUT2D eigenvalue weighted by atomic mass is 35.5. The Morgan fingerprint density at radius 2 is 1.37 bits per heavy atom. The molecule has 186 valence electrons. The van der Waals surface area contributed by atoms with Gasteiger partial charge < -0.3 is 18.0 Å². The van der Waals surface area contributed by atoms with Gasteiger partial charge in [-0.05, 0) is 50.2 Å². The van der Waals surface area contributed by atoms with E-state index in [9.17, 15) is 5.26 Å². The number of nitrogens with zero attached hydrogens (tertiary/aromatic N) is 6. The number of hydrogen-bond donors (Lipinski definition) is 0. The van der Waals surface area contributed by atoms with Crippen LogP contribution in [-0.4, -0.2) is 19.1 Å². The average molecular weight is 541 g/mol. The van der Waals surface area contributed by atoms with E-state index in [-0.39, 0.29) is 23.1 Å². The molecule has 0 aliphatic rings. The summed E-state index contributed by atoms with van der Waals surface area (Å²) in [6, 6.07) is 12.6. The highest BCUT2D eigenvalue weighted by molar-refractivity contribution is 6.31. The van der Waals surface area contributed by atoms with E-state index >= 15 is 0 Å². The number of nitriles is 1. The van der Waals surface area contributed by atoms with Crippen LogP contribution in [0, 0.1) is 31.8 Å². The van der Waals surface area contributed by atoms with Gasteiger partial charge in [-0.25, -0.2) is 14.8 Å². The molecule has 0 N–H and O–H groups in total. The van der Waals surface area contributed by atoms with E-state index in [4.69, 9.17) is 38.6 Å². The van der Waals surface area contributed by atoms with Crippen molar-refractivity contribution < 1.29 is 8.83 Å². The minimum absolute atomic E-state index is 0.197. The van der Waals surface area contributed by atoms with Crippen LogP contribution in [-0.2, 0) is 14.1 Å². The molecule has 0 bridgehead atoms. The topological polar surface area (TPSA) is 90.1 Å². The highest BCUT2D eigenvalue weighted by Crippen LogP contribution is 2.27. The number of rotatable bonds is 2. The summed E-state index contributed by atoms with van der Waals surface area (Å²) in [5.41, 5.74) is 4.46. The number of aryl methyl sites for hydroxylation is 2. The van der Waals surface area contributed by atoms with E-state index in [0.717, 1.165) is 22.2 Å². The van der Waals surface area contributed by atoms with E-state index in [1.165, 1.54) is 0 Å². The summed E-state index contributed by atoms with van der Waals surface area (Å²) in [4.78, 5) is 12.9. The molecule has 2 aromatic carbocycles. The zero-order valence-corrected chi connectivity index (χ0v) is 22.2. The van der Waals surface area contributed by atoms with E-state index < -0.39 is 0 Å². The van der Waals surface area contributed by atoms with Crippen molar-refractivity contribution in [2.75, 3.05) is 0 Å². The van der Waals surface area contributed by atoms with E-state index in [2.05, 4.69) is 20.9 Å². The van der Waals surface area contributed by atoms with Crippen molar-refractivity contribution in [1.82, 2.24) is 19.1 Å². The van der Waals surface area contributed by atoms with Crippen molar-refractivity contribution in [2.24, 2.45) is 14.1 Å². The summed E-state index contributed by atoms with van der Waals surface area (Å²) in [5, 5.41) is 14.3. The molecule has 0 saturated heterocycles. The van der Waals surface area contributed by atoms with Gasteiger partial charge in [-0.15, -0.1) is 0 Å². The molecule has 8 nitrogen and oxygen atoms in total. The van der Waals surface area contributed by atoms with Gasteiger partial charge in [-0.1, -0.05) is 23.2 Å². The fourth-order valence-corrected chi connectivity index (χ4v) is 5.26. The van der Waals surface area contributed by atoms with Crippen LogP contribution in [0.5, 0.6) is 0 Å². The number of halogens is 2. The summed E-state index contributed by atoms with van der Waals surface area (Å²) in [6.45, 7) is 11.9. The summed E-state index contributed by atoms with van der Waals surface area (Å²) >= 11 is 12.3. The number of fused-ring (bicyclic) bond motifs is 3. The number of aromatic nitrogens is 4. The monoisotopic (exact) mass is 540 g/mol. The maximum Gasteiger partial charge on any atom is 0.271 e. The normalized spacial score (nSPS) is 13.3. The molecule has 0 unspecified atom stereocenters. The molecule has 0 aliphatic carbocycles. The van der Waals surface area contributed by atoms with Crippen molar-refractivity contribution in [2.45, 2.75) is 13.8 Å². The maximum atomic E-state index is 10.3. The Morgan fingerprint density at radius 3 is 1.92 bits per heavy atom. The van der Waals surface area contributed by atoms with Crippen LogP contribution < -0.4 is 10.7 Å². The van der Waals surface area contributed by atoms with Gasteiger partial charge in [-0.2, -0.15) is 5.26 Å². The first-order valence-electron chi connectivity index (χ1n) is 11.5. The summed E-state index contributed by atoms with van der Waals surface area (Å²) < 4.78 is 15.8. The molecular formula is C28H18Cl2N6O2. The molecule has 0 atom stereocenters. The van der Waals surface area contributed by atoms with Crippen LogP contribution in [0.1, 0.15) is 23.2 Å². The Kier molecular flexibility index (Phi) is 5.36. The predicted octanol–water partition coefficient (Wildman–Crippen LogP) is 5.52. The van der Waals surface area contributed by atoms with E-state index in [1.54, 1.807) is 36.4 Å². The van der Waals surface area contributed by atoms with Gasteiger partial charge in [-0.3, -0.25) is 0 Å². The molecule has 4 aromatic heterocycles. The lowest BCUT2D eigenvalue weighted by Crippen LogP contribution is -2.21. The lowest BCUT2D eigenvalue weighted by Gasteiger charge is -2.04. The van der Waals surface area contributed by atoms with Crippen molar-refractivity contribution in [3.05, 3.63) is 91.7 Å². The van der Waals surface area contributed by atoms with Crippen LogP contribution >= 0.6 is 23.2 Å². The molecular weight excluding hydrogens is 523 g/mol. The minimum Gasteiger partial charge on any atom is -0.447 e. The van der Waals surface area contributed by atoms with E-state index in [1.807, 2.05) is 37.1 Å². The van der Waals surface area contributed by atoms with Crippen LogP contribution in [0.15, 0.2) is 45.2 Å². The second kappa shape index (κ2) is 8.53. The second-order valence-electron chi connectivity index (χ2n) is 8.95. The lowest BCUT2D eigenvalue weighted by atomic mass is 10.1. The third-order valence-corrected chi connectivity index (χ3v) is 7.39. The Hall–Kier alpha value is -4.50. The van der Waals surface area contributed by atoms with Crippen LogP contribution in [0.4, 0.5) is 0 Å². The molecule has 0 saturated carbocycles. The van der Waals surface area contributed by atoms with Crippen molar-refractivity contribution in [1.29, 1.82) is 5.26 Å². The molecule has 0 aliphatic heterocycles. The Morgan fingerprint density at radius 1 is 0.868 bits per heavy atom. The van der Waals surface area contributed by atoms with E-state index in [0.29, 0.717) is 42.9 Å². The lowest BCUT2D eigenvalue weighted by molar-refractivity contribution is 0.584. The number of hydrogen-bond acceptors (Lipinski definition) is 5. The second-order valence-corrected chi connectivity index (χ2v) is 9.82. The molecule has 0 fully saturated rings. The molecule has 0 radical (unpaired) electrons. The average Bonchev–Trinajstić information content (AvgIpc) is 3.62. The molecule has 0 amide bonds. The van der Waals surface area contributed by atoms with Gasteiger partial charge in [0.05, 0.1) is 17.3 Å². The molecule has 10 heteroatoms. The first-order valence-corrected chi connectivity index (χ1v) is 12.3. The Balaban J connectivity index is 1.75. The van der Waals surface area contributed by atoms with Gasteiger partial charge in [0.2, 0.25) is 11.8 Å². The largest absolute Gasteiger partial charge is 0.447 e. The fraction of sp³-hybridized carbons (Fsp3) is 0.143. The van der Waals surface area contributed by atoms with Gasteiger partial charge in [0.25, 0.3) is 5.70 Å². The van der Waals surface area contributed by atoms with Crippen molar-refractivity contribution in [3.63, 3.8) is 0 Å². The molecule has 6 aromatic rings. The Labute approximate surface area is 226 Å². The highest BCUT2D eigenvalue weighted by Gasteiger charge is 2.24. The maximum absolute atomic E-state index is 10.3. The quantitative estimate of drug-likeness (QED) is 0.269. The summed E-state index contributed by atoms with van der Waals surface area (Å²) in [6.07, 6.45) is 0. The third-order valence-electron chi connectivity index (χ3n) is 6.92. The first kappa shape index (κ1) is 23.9. The predicted molar refractivity (Wildman–Crippen MR) is 146 cm³/mol. The van der Waals surface area contributed by atoms with Gasteiger partial charge in [0, 0.05) is 46.3 Å². The number of benzene rings is 2. The zero-order chi connectivity index (χ0) is 26.9. The van der Waals surface area contributed by atoms with Gasteiger partial charge in [0.1, 0.15) is 22.7 Å². The third kappa shape index (κ3) is 3.35. The molecule has 4 heterocycles. The molecule has 0 spiro atoms. The molecule has 38 heavy (non-hydrogen) atoms. The van der Waals surface area contributed by atoms with Gasteiger partial charge >= 0.3 is 0 Å². The smallest absolute Gasteiger partial charge is 0.271 e. The summed E-state index contributed by atoms with van der Waals surface area (Å²) in [5.74, 6) is 0.396. The first-order chi connectivity index (χ1) is 18.2.